The Morgan fingerprint density at radius 2 is 1.71 bits per heavy atom. The largest absolute Gasteiger partial charge is 0.350 e. The van der Waals surface area contributed by atoms with Crippen molar-refractivity contribution in [2.24, 2.45) is 0 Å². The SMILES string of the molecule is CC(=O)c1c(C)cc(C)c(CS(=O)C(C)C(=O)NC(C)(C)C)c1C. The molecule has 0 spiro atoms. The number of hydrogen-bond donors (Lipinski definition) is 1. The van der Waals surface area contributed by atoms with Crippen molar-refractivity contribution in [2.45, 2.75) is 71.9 Å². The maximum Gasteiger partial charge on any atom is 0.235 e. The Labute approximate surface area is 147 Å². The summed E-state index contributed by atoms with van der Waals surface area (Å²) in [6, 6.07) is 1.95. The van der Waals surface area contributed by atoms with Gasteiger partial charge in [0.15, 0.2) is 5.78 Å². The average molecular weight is 352 g/mol. The fraction of sp³-hybridized carbons (Fsp3) is 0.579. The van der Waals surface area contributed by atoms with Crippen molar-refractivity contribution in [2.75, 3.05) is 0 Å². The molecule has 0 radical (unpaired) electrons. The van der Waals surface area contributed by atoms with Crippen LogP contribution < -0.4 is 5.32 Å². The summed E-state index contributed by atoms with van der Waals surface area (Å²) in [5.41, 5.74) is 4.06. The van der Waals surface area contributed by atoms with E-state index in [9.17, 15) is 13.8 Å². The van der Waals surface area contributed by atoms with Gasteiger partial charge in [0, 0.05) is 27.7 Å². The predicted octanol–water partition coefficient (Wildman–Crippen LogP) is 3.37. The van der Waals surface area contributed by atoms with Crippen LogP contribution in [0, 0.1) is 20.8 Å². The van der Waals surface area contributed by atoms with Gasteiger partial charge >= 0.3 is 0 Å². The summed E-state index contributed by atoms with van der Waals surface area (Å²) in [5, 5.41) is 2.26. The first kappa shape index (κ1) is 20.6. The summed E-state index contributed by atoms with van der Waals surface area (Å²) in [7, 11) is -1.35. The number of carbonyl (C=O) groups is 2. The van der Waals surface area contributed by atoms with Crippen LogP contribution in [0.2, 0.25) is 0 Å². The van der Waals surface area contributed by atoms with Crippen molar-refractivity contribution < 1.29 is 13.8 Å². The molecule has 0 aromatic heterocycles. The van der Waals surface area contributed by atoms with E-state index < -0.39 is 16.0 Å². The van der Waals surface area contributed by atoms with Crippen LogP contribution in [0.4, 0.5) is 0 Å². The van der Waals surface area contributed by atoms with Crippen molar-refractivity contribution in [3.8, 4) is 0 Å². The lowest BCUT2D eigenvalue weighted by atomic mass is 9.92. The fourth-order valence-electron chi connectivity index (χ4n) is 2.85. The monoisotopic (exact) mass is 351 g/mol. The molecule has 0 fully saturated rings. The smallest absolute Gasteiger partial charge is 0.235 e. The molecule has 1 amide bonds. The second kappa shape index (κ2) is 7.60. The molecule has 2 atom stereocenters. The third-order valence-electron chi connectivity index (χ3n) is 4.03. The lowest BCUT2D eigenvalue weighted by Crippen LogP contribution is -2.46. The second-order valence-corrected chi connectivity index (χ2v) is 9.21. The van der Waals surface area contributed by atoms with E-state index in [1.807, 2.05) is 47.6 Å². The number of aryl methyl sites for hydroxylation is 2. The Morgan fingerprint density at radius 1 is 1.17 bits per heavy atom. The minimum atomic E-state index is -1.35. The highest BCUT2D eigenvalue weighted by Crippen LogP contribution is 2.25. The van der Waals surface area contributed by atoms with E-state index in [2.05, 4.69) is 5.32 Å². The van der Waals surface area contributed by atoms with Crippen molar-refractivity contribution in [3.05, 3.63) is 33.9 Å². The zero-order valence-corrected chi connectivity index (χ0v) is 16.8. The molecule has 1 aromatic carbocycles. The molecule has 0 heterocycles. The van der Waals surface area contributed by atoms with Crippen LogP contribution in [0.15, 0.2) is 6.07 Å². The van der Waals surface area contributed by atoms with Crippen LogP contribution in [0.5, 0.6) is 0 Å². The van der Waals surface area contributed by atoms with Gasteiger partial charge in [0.05, 0.1) is 0 Å². The van der Waals surface area contributed by atoms with Gasteiger partial charge in [-0.15, -0.1) is 0 Å². The molecule has 1 aromatic rings. The van der Waals surface area contributed by atoms with Gasteiger partial charge in [0.2, 0.25) is 5.91 Å². The highest BCUT2D eigenvalue weighted by atomic mass is 32.2. The minimum absolute atomic E-state index is 0.00977. The number of ketones is 1. The molecule has 0 aliphatic rings. The number of hydrogen-bond acceptors (Lipinski definition) is 3. The average Bonchev–Trinajstić information content (AvgIpc) is 2.39. The lowest BCUT2D eigenvalue weighted by molar-refractivity contribution is -0.121. The first-order chi connectivity index (χ1) is 10.8. The minimum Gasteiger partial charge on any atom is -0.350 e. The molecule has 4 nitrogen and oxygen atoms in total. The summed E-state index contributed by atoms with van der Waals surface area (Å²) in [6.45, 7) is 14.7. The summed E-state index contributed by atoms with van der Waals surface area (Å²) >= 11 is 0. The number of Topliss-reactive ketones (excluding diaryl/α,β-unsaturated/α-hetero) is 1. The highest BCUT2D eigenvalue weighted by Gasteiger charge is 2.25. The number of rotatable bonds is 5. The molecule has 1 N–H and O–H groups in total. The normalized spacial score (nSPS) is 14.2. The quantitative estimate of drug-likeness (QED) is 0.827. The maximum absolute atomic E-state index is 12.7. The molecule has 0 bridgehead atoms. The molecule has 5 heteroatoms. The van der Waals surface area contributed by atoms with E-state index >= 15 is 0 Å². The standard InChI is InChI=1S/C19H29NO3S/c1-11-9-12(2)17(14(4)21)13(3)16(11)10-24(23)15(5)18(22)20-19(6,7)8/h9,15H,10H2,1-8H3,(H,20,22). The molecule has 24 heavy (non-hydrogen) atoms. The maximum atomic E-state index is 12.7. The van der Waals surface area contributed by atoms with E-state index in [-0.39, 0.29) is 23.0 Å². The van der Waals surface area contributed by atoms with Gasteiger partial charge in [-0.3, -0.25) is 13.8 Å². The number of benzene rings is 1. The van der Waals surface area contributed by atoms with Crippen molar-refractivity contribution in [1.29, 1.82) is 0 Å². The van der Waals surface area contributed by atoms with Gasteiger partial charge < -0.3 is 5.32 Å². The van der Waals surface area contributed by atoms with E-state index in [0.29, 0.717) is 5.56 Å². The molecular weight excluding hydrogens is 322 g/mol. The third kappa shape index (κ3) is 5.00. The molecule has 0 aliphatic carbocycles. The molecule has 0 saturated carbocycles. The van der Waals surface area contributed by atoms with E-state index in [0.717, 1.165) is 22.3 Å². The molecule has 0 saturated heterocycles. The van der Waals surface area contributed by atoms with Crippen LogP contribution in [-0.4, -0.2) is 26.7 Å². The molecule has 0 aliphatic heterocycles. The van der Waals surface area contributed by atoms with E-state index in [1.54, 1.807) is 13.8 Å². The Bertz CT molecular complexity index is 687. The van der Waals surface area contributed by atoms with Crippen LogP contribution in [0.25, 0.3) is 0 Å². The predicted molar refractivity (Wildman–Crippen MR) is 99.9 cm³/mol. The Hall–Kier alpha value is -1.49. The van der Waals surface area contributed by atoms with Crippen molar-refractivity contribution >= 4 is 22.5 Å². The summed E-state index contributed by atoms with van der Waals surface area (Å²) in [5.74, 6) is 0.0716. The van der Waals surface area contributed by atoms with Gasteiger partial charge in [-0.2, -0.15) is 0 Å². The molecule has 1 rings (SSSR count). The summed E-state index contributed by atoms with van der Waals surface area (Å²) in [4.78, 5) is 24.1. The van der Waals surface area contributed by atoms with Gasteiger partial charge in [0.25, 0.3) is 0 Å². The Balaban J connectivity index is 3.09. The van der Waals surface area contributed by atoms with E-state index in [4.69, 9.17) is 0 Å². The van der Waals surface area contributed by atoms with E-state index in [1.165, 1.54) is 0 Å². The van der Waals surface area contributed by atoms with Gasteiger partial charge in [-0.25, -0.2) is 0 Å². The number of nitrogens with one attached hydrogen (secondary N) is 1. The Kier molecular flexibility index (Phi) is 6.51. The molecule has 2 unspecified atom stereocenters. The third-order valence-corrected chi connectivity index (χ3v) is 5.61. The first-order valence-electron chi connectivity index (χ1n) is 8.15. The Morgan fingerprint density at radius 3 is 2.17 bits per heavy atom. The fourth-order valence-corrected chi connectivity index (χ4v) is 4.12. The topological polar surface area (TPSA) is 63.2 Å². The van der Waals surface area contributed by atoms with Gasteiger partial charge in [-0.1, -0.05) is 6.07 Å². The second-order valence-electron chi connectivity index (χ2n) is 7.45. The summed E-state index contributed by atoms with van der Waals surface area (Å²) in [6.07, 6.45) is 0. The first-order valence-corrected chi connectivity index (χ1v) is 9.53. The van der Waals surface area contributed by atoms with Gasteiger partial charge in [0.1, 0.15) is 5.25 Å². The van der Waals surface area contributed by atoms with Crippen molar-refractivity contribution in [3.63, 3.8) is 0 Å². The van der Waals surface area contributed by atoms with Crippen LogP contribution in [0.1, 0.15) is 67.2 Å². The van der Waals surface area contributed by atoms with Crippen LogP contribution >= 0.6 is 0 Å². The summed E-state index contributed by atoms with van der Waals surface area (Å²) < 4.78 is 12.7. The zero-order chi connectivity index (χ0) is 18.8. The molecular formula is C19H29NO3S. The number of amides is 1. The van der Waals surface area contributed by atoms with Gasteiger partial charge in [-0.05, 0) is 77.6 Å². The molecule has 134 valence electrons. The van der Waals surface area contributed by atoms with Crippen LogP contribution in [-0.2, 0) is 21.3 Å². The zero-order valence-electron chi connectivity index (χ0n) is 16.0. The highest BCUT2D eigenvalue weighted by molar-refractivity contribution is 7.85. The lowest BCUT2D eigenvalue weighted by Gasteiger charge is -2.23. The van der Waals surface area contributed by atoms with Crippen molar-refractivity contribution in [1.82, 2.24) is 5.32 Å². The van der Waals surface area contributed by atoms with Crippen LogP contribution in [0.3, 0.4) is 0 Å². The number of carbonyl (C=O) groups excluding carboxylic acids is 2.